The normalized spacial score (nSPS) is 34.5. The average molecular weight is 225 g/mol. The Morgan fingerprint density at radius 2 is 2.38 bits per heavy atom. The third-order valence-corrected chi connectivity index (χ3v) is 3.60. The van der Waals surface area contributed by atoms with Crippen molar-refractivity contribution in [1.29, 1.82) is 0 Å². The molecule has 2 unspecified atom stereocenters. The molecule has 2 aliphatic heterocycles. The lowest BCUT2D eigenvalue weighted by Gasteiger charge is -2.24. The number of nitrogens with zero attached hydrogens (tertiary/aromatic N) is 1. The van der Waals surface area contributed by atoms with Gasteiger partial charge in [-0.3, -0.25) is 9.59 Å². The Morgan fingerprint density at radius 3 is 2.88 bits per heavy atom. The van der Waals surface area contributed by atoms with Crippen molar-refractivity contribution in [3.8, 4) is 0 Å². The maximum Gasteiger partial charge on any atom is 0.244 e. The average Bonchev–Trinajstić information content (AvgIpc) is 2.81. The number of amides is 2. The molecule has 0 saturated carbocycles. The molecular weight excluding hydrogens is 206 g/mol. The second-order valence-corrected chi connectivity index (χ2v) is 4.94. The van der Waals surface area contributed by atoms with Gasteiger partial charge in [0.25, 0.3) is 0 Å². The van der Waals surface area contributed by atoms with Crippen molar-refractivity contribution < 1.29 is 9.59 Å². The number of likely N-dealkylation sites (tertiary alicyclic amines) is 1. The van der Waals surface area contributed by atoms with E-state index in [1.807, 2.05) is 6.92 Å². The van der Waals surface area contributed by atoms with Gasteiger partial charge in [-0.2, -0.15) is 0 Å². The predicted molar refractivity (Wildman–Crippen MR) is 59.8 cm³/mol. The lowest BCUT2D eigenvalue weighted by Crippen LogP contribution is -2.55. The first-order valence-corrected chi connectivity index (χ1v) is 5.84. The topological polar surface area (TPSA) is 61.4 Å². The largest absolute Gasteiger partial charge is 0.344 e. The summed E-state index contributed by atoms with van der Waals surface area (Å²) in [6, 6.07) is -0.322. The molecule has 16 heavy (non-hydrogen) atoms. The van der Waals surface area contributed by atoms with Crippen molar-refractivity contribution in [2.45, 2.75) is 37.8 Å². The lowest BCUT2D eigenvalue weighted by atomic mass is 9.99. The summed E-state index contributed by atoms with van der Waals surface area (Å²) in [6.45, 7) is 3.51. The van der Waals surface area contributed by atoms with Gasteiger partial charge in [-0.05, 0) is 32.7 Å². The highest BCUT2D eigenvalue weighted by molar-refractivity contribution is 5.92. The van der Waals surface area contributed by atoms with E-state index in [9.17, 15) is 9.59 Å². The summed E-state index contributed by atoms with van der Waals surface area (Å²) in [5.41, 5.74) is -0.485. The Hall–Kier alpha value is -1.10. The van der Waals surface area contributed by atoms with E-state index in [0.29, 0.717) is 0 Å². The molecule has 0 aliphatic carbocycles. The zero-order valence-electron chi connectivity index (χ0n) is 9.88. The second-order valence-electron chi connectivity index (χ2n) is 4.94. The van der Waals surface area contributed by atoms with Gasteiger partial charge in [-0.25, -0.2) is 0 Å². The fraction of sp³-hybridized carbons (Fsp3) is 0.818. The Morgan fingerprint density at radius 1 is 1.62 bits per heavy atom. The van der Waals surface area contributed by atoms with Crippen molar-refractivity contribution in [1.82, 2.24) is 15.5 Å². The van der Waals surface area contributed by atoms with Crippen LogP contribution in [0.25, 0.3) is 0 Å². The van der Waals surface area contributed by atoms with Gasteiger partial charge in [-0.15, -0.1) is 0 Å². The van der Waals surface area contributed by atoms with E-state index in [-0.39, 0.29) is 17.9 Å². The molecule has 0 bridgehead atoms. The summed E-state index contributed by atoms with van der Waals surface area (Å²) in [5, 5.41) is 6.04. The number of hydrogen-bond donors (Lipinski definition) is 2. The van der Waals surface area contributed by atoms with Crippen LogP contribution in [0.1, 0.15) is 26.2 Å². The zero-order chi connectivity index (χ0) is 11.8. The van der Waals surface area contributed by atoms with E-state index in [0.717, 1.165) is 32.4 Å². The Balaban J connectivity index is 1.95. The Labute approximate surface area is 95.6 Å². The molecule has 0 radical (unpaired) electrons. The van der Waals surface area contributed by atoms with Gasteiger partial charge in [0.15, 0.2) is 0 Å². The molecule has 0 aromatic rings. The van der Waals surface area contributed by atoms with Crippen molar-refractivity contribution >= 4 is 11.8 Å². The minimum atomic E-state index is -0.485. The molecule has 2 aliphatic rings. The van der Waals surface area contributed by atoms with Crippen LogP contribution in [0.4, 0.5) is 0 Å². The smallest absolute Gasteiger partial charge is 0.244 e. The van der Waals surface area contributed by atoms with Gasteiger partial charge in [0.2, 0.25) is 11.8 Å². The van der Waals surface area contributed by atoms with Crippen LogP contribution in [0.3, 0.4) is 0 Å². The van der Waals surface area contributed by atoms with Gasteiger partial charge in [0.1, 0.15) is 6.04 Å². The highest BCUT2D eigenvalue weighted by Gasteiger charge is 2.39. The number of hydrogen-bond acceptors (Lipinski definition) is 3. The molecule has 0 spiro atoms. The van der Waals surface area contributed by atoms with Crippen LogP contribution >= 0.6 is 0 Å². The van der Waals surface area contributed by atoms with E-state index in [1.165, 1.54) is 0 Å². The maximum absolute atomic E-state index is 12.0. The minimum Gasteiger partial charge on any atom is -0.344 e. The number of likely N-dealkylation sites (N-methyl/N-ethyl adjacent to an activating group) is 1. The first-order chi connectivity index (χ1) is 7.53. The molecule has 2 heterocycles. The summed E-state index contributed by atoms with van der Waals surface area (Å²) in [7, 11) is 1.77. The van der Waals surface area contributed by atoms with Gasteiger partial charge >= 0.3 is 0 Å². The van der Waals surface area contributed by atoms with Gasteiger partial charge in [-0.1, -0.05) is 0 Å². The molecule has 0 aromatic heterocycles. The van der Waals surface area contributed by atoms with Gasteiger partial charge in [0.05, 0.1) is 5.54 Å². The first-order valence-electron chi connectivity index (χ1n) is 5.84. The molecule has 2 fully saturated rings. The molecule has 2 saturated heterocycles. The number of carbonyl (C=O) groups excluding carboxylic acids is 2. The van der Waals surface area contributed by atoms with Crippen LogP contribution in [-0.4, -0.2) is 48.4 Å². The summed E-state index contributed by atoms with van der Waals surface area (Å²) < 4.78 is 0. The number of carbonyl (C=O) groups is 2. The quantitative estimate of drug-likeness (QED) is 0.664. The van der Waals surface area contributed by atoms with E-state index < -0.39 is 5.54 Å². The first kappa shape index (κ1) is 11.4. The van der Waals surface area contributed by atoms with E-state index in [2.05, 4.69) is 10.6 Å². The van der Waals surface area contributed by atoms with Crippen molar-refractivity contribution in [3.63, 3.8) is 0 Å². The lowest BCUT2D eigenvalue weighted by molar-refractivity contribution is -0.133. The SMILES string of the molecule is CN1CCC(NC(=O)C2(C)CCCN2)C1=O. The van der Waals surface area contributed by atoms with Gasteiger partial charge in [0, 0.05) is 13.6 Å². The number of nitrogens with one attached hydrogen (secondary N) is 2. The second kappa shape index (κ2) is 4.05. The predicted octanol–water partition coefficient (Wildman–Crippen LogP) is -0.525. The molecule has 90 valence electrons. The van der Waals surface area contributed by atoms with Crippen LogP contribution < -0.4 is 10.6 Å². The van der Waals surface area contributed by atoms with Crippen molar-refractivity contribution in [2.75, 3.05) is 20.1 Å². The van der Waals surface area contributed by atoms with E-state index in [4.69, 9.17) is 0 Å². The third kappa shape index (κ3) is 1.91. The Bertz CT molecular complexity index is 310. The van der Waals surface area contributed by atoms with Crippen LogP contribution in [0.2, 0.25) is 0 Å². The minimum absolute atomic E-state index is 0.0231. The molecule has 2 N–H and O–H groups in total. The van der Waals surface area contributed by atoms with Crippen LogP contribution in [0.15, 0.2) is 0 Å². The molecule has 2 amide bonds. The summed E-state index contributed by atoms with van der Waals surface area (Å²) in [6.07, 6.45) is 2.58. The van der Waals surface area contributed by atoms with Crippen LogP contribution in [-0.2, 0) is 9.59 Å². The molecular formula is C11H19N3O2. The highest BCUT2D eigenvalue weighted by Crippen LogP contribution is 2.19. The van der Waals surface area contributed by atoms with Crippen molar-refractivity contribution in [3.05, 3.63) is 0 Å². The zero-order valence-corrected chi connectivity index (χ0v) is 9.88. The summed E-state index contributed by atoms with van der Waals surface area (Å²) in [5.74, 6) is -0.0198. The van der Waals surface area contributed by atoms with E-state index >= 15 is 0 Å². The fourth-order valence-electron chi connectivity index (χ4n) is 2.36. The van der Waals surface area contributed by atoms with Gasteiger partial charge < -0.3 is 15.5 Å². The molecule has 2 rings (SSSR count). The summed E-state index contributed by atoms with van der Waals surface area (Å²) >= 11 is 0. The van der Waals surface area contributed by atoms with Crippen LogP contribution in [0.5, 0.6) is 0 Å². The summed E-state index contributed by atoms with van der Waals surface area (Å²) in [4.78, 5) is 25.3. The Kier molecular flexibility index (Phi) is 2.88. The molecule has 5 heteroatoms. The fourth-order valence-corrected chi connectivity index (χ4v) is 2.36. The highest BCUT2D eigenvalue weighted by atomic mass is 16.2. The molecule has 0 aromatic carbocycles. The molecule has 5 nitrogen and oxygen atoms in total. The monoisotopic (exact) mass is 225 g/mol. The van der Waals surface area contributed by atoms with Crippen LogP contribution in [0, 0.1) is 0 Å². The van der Waals surface area contributed by atoms with Crippen molar-refractivity contribution in [2.24, 2.45) is 0 Å². The third-order valence-electron chi connectivity index (χ3n) is 3.60. The maximum atomic E-state index is 12.0. The number of rotatable bonds is 2. The van der Waals surface area contributed by atoms with E-state index in [1.54, 1.807) is 11.9 Å². The molecule has 2 atom stereocenters. The standard InChI is InChI=1S/C11H19N3O2/c1-11(5-3-6-12-11)10(16)13-8-4-7-14(2)9(8)15/h8,12H,3-7H2,1-2H3,(H,13,16).